The van der Waals surface area contributed by atoms with E-state index in [2.05, 4.69) is 4.98 Å². The van der Waals surface area contributed by atoms with Crippen molar-refractivity contribution < 1.29 is 14.3 Å². The fourth-order valence-corrected chi connectivity index (χ4v) is 2.10. The highest BCUT2D eigenvalue weighted by Crippen LogP contribution is 2.27. The van der Waals surface area contributed by atoms with Crippen LogP contribution in [-0.2, 0) is 11.3 Å². The molecule has 1 aromatic carbocycles. The third-order valence-electron chi connectivity index (χ3n) is 3.35. The molecule has 5 heteroatoms. The number of carbonyl (C=O) groups excluding carboxylic acids is 1. The standard InChI is InChI=1S/C18H20N2O3/c1-20(18(21)9-7-14-5-4-10-19-12-14)13-15-6-8-16(22-2)17(11-15)23-3/h4-12H,13H2,1-3H3. The maximum atomic E-state index is 12.2. The highest BCUT2D eigenvalue weighted by Gasteiger charge is 2.09. The van der Waals surface area contributed by atoms with Crippen LogP contribution in [0.4, 0.5) is 0 Å². The molecule has 0 saturated carbocycles. The van der Waals surface area contributed by atoms with Gasteiger partial charge in [-0.15, -0.1) is 0 Å². The SMILES string of the molecule is COc1ccc(CN(C)C(=O)C=Cc2cccnc2)cc1OC. The summed E-state index contributed by atoms with van der Waals surface area (Å²) in [7, 11) is 4.94. The molecular formula is C18H20N2O3. The Morgan fingerprint density at radius 2 is 2.00 bits per heavy atom. The number of likely N-dealkylation sites (N-methyl/N-ethyl adjacent to an activating group) is 1. The van der Waals surface area contributed by atoms with E-state index < -0.39 is 0 Å². The molecule has 0 fully saturated rings. The lowest BCUT2D eigenvalue weighted by Gasteiger charge is -2.16. The number of hydrogen-bond donors (Lipinski definition) is 0. The molecule has 0 unspecified atom stereocenters. The molecule has 0 saturated heterocycles. The first-order chi connectivity index (χ1) is 11.1. The maximum absolute atomic E-state index is 12.2. The molecule has 2 rings (SSSR count). The van der Waals surface area contributed by atoms with Gasteiger partial charge in [0.05, 0.1) is 14.2 Å². The predicted octanol–water partition coefficient (Wildman–Crippen LogP) is 2.77. The topological polar surface area (TPSA) is 51.7 Å². The quantitative estimate of drug-likeness (QED) is 0.770. The fraction of sp³-hybridized carbons (Fsp3) is 0.222. The minimum Gasteiger partial charge on any atom is -0.493 e. The molecule has 0 spiro atoms. The van der Waals surface area contributed by atoms with Gasteiger partial charge in [0.1, 0.15) is 0 Å². The van der Waals surface area contributed by atoms with Crippen molar-refractivity contribution >= 4 is 12.0 Å². The Bertz CT molecular complexity index is 684. The third-order valence-corrected chi connectivity index (χ3v) is 3.35. The number of aromatic nitrogens is 1. The van der Waals surface area contributed by atoms with Gasteiger partial charge < -0.3 is 14.4 Å². The molecule has 0 bridgehead atoms. The predicted molar refractivity (Wildman–Crippen MR) is 89.3 cm³/mol. The van der Waals surface area contributed by atoms with Crippen molar-refractivity contribution in [1.29, 1.82) is 0 Å². The lowest BCUT2D eigenvalue weighted by Crippen LogP contribution is -2.24. The lowest BCUT2D eigenvalue weighted by atomic mass is 10.2. The number of methoxy groups -OCH3 is 2. The summed E-state index contributed by atoms with van der Waals surface area (Å²) in [4.78, 5) is 17.8. The van der Waals surface area contributed by atoms with Crippen LogP contribution < -0.4 is 9.47 Å². The smallest absolute Gasteiger partial charge is 0.246 e. The summed E-state index contributed by atoms with van der Waals surface area (Å²) in [5.74, 6) is 1.24. The van der Waals surface area contributed by atoms with E-state index in [9.17, 15) is 4.79 Å². The summed E-state index contributed by atoms with van der Waals surface area (Å²) in [5.41, 5.74) is 1.86. The van der Waals surface area contributed by atoms with Crippen molar-refractivity contribution in [3.8, 4) is 11.5 Å². The van der Waals surface area contributed by atoms with Crippen LogP contribution in [0.3, 0.4) is 0 Å². The van der Waals surface area contributed by atoms with Crippen molar-refractivity contribution in [2.75, 3.05) is 21.3 Å². The second-order valence-electron chi connectivity index (χ2n) is 5.00. The Kier molecular flexibility index (Phi) is 5.74. The second kappa shape index (κ2) is 7.98. The van der Waals surface area contributed by atoms with Crippen molar-refractivity contribution in [1.82, 2.24) is 9.88 Å². The Balaban J connectivity index is 2.02. The fourth-order valence-electron chi connectivity index (χ4n) is 2.10. The van der Waals surface area contributed by atoms with Crippen LogP contribution in [0.1, 0.15) is 11.1 Å². The number of benzene rings is 1. The Morgan fingerprint density at radius 1 is 1.22 bits per heavy atom. The molecule has 1 amide bonds. The Labute approximate surface area is 136 Å². The maximum Gasteiger partial charge on any atom is 0.246 e. The first-order valence-electron chi connectivity index (χ1n) is 7.18. The van der Waals surface area contributed by atoms with Crippen molar-refractivity contribution in [2.45, 2.75) is 6.54 Å². The summed E-state index contributed by atoms with van der Waals surface area (Å²) in [6.45, 7) is 0.483. The zero-order chi connectivity index (χ0) is 16.7. The number of hydrogen-bond acceptors (Lipinski definition) is 4. The van der Waals surface area contributed by atoms with E-state index in [0.29, 0.717) is 18.0 Å². The van der Waals surface area contributed by atoms with Crippen LogP contribution in [0, 0.1) is 0 Å². The minimum absolute atomic E-state index is 0.0800. The zero-order valence-electron chi connectivity index (χ0n) is 13.5. The monoisotopic (exact) mass is 312 g/mol. The van der Waals surface area contributed by atoms with Crippen LogP contribution in [0.25, 0.3) is 6.08 Å². The molecule has 2 aromatic rings. The van der Waals surface area contributed by atoms with Gasteiger partial charge in [0.2, 0.25) is 5.91 Å². The van der Waals surface area contributed by atoms with E-state index in [1.54, 1.807) is 44.6 Å². The third kappa shape index (κ3) is 4.57. The van der Waals surface area contributed by atoms with Crippen molar-refractivity contribution in [2.24, 2.45) is 0 Å². The van der Waals surface area contributed by atoms with E-state index in [0.717, 1.165) is 11.1 Å². The zero-order valence-corrected chi connectivity index (χ0v) is 13.5. The van der Waals surface area contributed by atoms with Crippen LogP contribution in [-0.4, -0.2) is 37.1 Å². The minimum atomic E-state index is -0.0800. The average Bonchev–Trinajstić information content (AvgIpc) is 2.60. The van der Waals surface area contributed by atoms with Crippen LogP contribution >= 0.6 is 0 Å². The molecule has 1 aromatic heterocycles. The van der Waals surface area contributed by atoms with Gasteiger partial charge in [-0.05, 0) is 35.4 Å². The Hall–Kier alpha value is -2.82. The van der Waals surface area contributed by atoms with E-state index in [1.165, 1.54) is 6.08 Å². The summed E-state index contributed by atoms with van der Waals surface area (Å²) < 4.78 is 10.5. The summed E-state index contributed by atoms with van der Waals surface area (Å²) >= 11 is 0. The van der Waals surface area contributed by atoms with Crippen LogP contribution in [0.15, 0.2) is 48.8 Å². The van der Waals surface area contributed by atoms with Gasteiger partial charge in [0.15, 0.2) is 11.5 Å². The second-order valence-corrected chi connectivity index (χ2v) is 5.00. The number of carbonyl (C=O) groups is 1. The molecule has 0 aliphatic heterocycles. The first kappa shape index (κ1) is 16.5. The van der Waals surface area contributed by atoms with E-state index in [4.69, 9.17) is 9.47 Å². The van der Waals surface area contributed by atoms with Gasteiger partial charge in [0.25, 0.3) is 0 Å². The van der Waals surface area contributed by atoms with Gasteiger partial charge in [-0.1, -0.05) is 12.1 Å². The molecule has 0 aliphatic carbocycles. The van der Waals surface area contributed by atoms with Crippen LogP contribution in [0.5, 0.6) is 11.5 Å². The Morgan fingerprint density at radius 3 is 2.65 bits per heavy atom. The van der Waals surface area contributed by atoms with E-state index in [-0.39, 0.29) is 5.91 Å². The molecule has 0 atom stereocenters. The number of pyridine rings is 1. The number of amides is 1. The highest BCUT2D eigenvalue weighted by atomic mass is 16.5. The molecule has 23 heavy (non-hydrogen) atoms. The average molecular weight is 312 g/mol. The largest absolute Gasteiger partial charge is 0.493 e. The van der Waals surface area contributed by atoms with Gasteiger partial charge in [-0.2, -0.15) is 0 Å². The summed E-state index contributed by atoms with van der Waals surface area (Å²) in [6, 6.07) is 9.34. The number of rotatable bonds is 6. The molecule has 0 radical (unpaired) electrons. The van der Waals surface area contributed by atoms with Crippen LogP contribution in [0.2, 0.25) is 0 Å². The van der Waals surface area contributed by atoms with E-state index in [1.807, 2.05) is 30.3 Å². The summed E-state index contributed by atoms with van der Waals surface area (Å²) in [6.07, 6.45) is 6.69. The van der Waals surface area contributed by atoms with Gasteiger partial charge >= 0.3 is 0 Å². The molecule has 1 heterocycles. The molecular weight excluding hydrogens is 292 g/mol. The molecule has 0 N–H and O–H groups in total. The normalized spacial score (nSPS) is 10.6. The van der Waals surface area contributed by atoms with Crippen molar-refractivity contribution in [3.63, 3.8) is 0 Å². The number of nitrogens with zero attached hydrogens (tertiary/aromatic N) is 2. The molecule has 120 valence electrons. The van der Waals surface area contributed by atoms with Gasteiger partial charge in [-0.3, -0.25) is 9.78 Å². The molecule has 0 aliphatic rings. The van der Waals surface area contributed by atoms with Gasteiger partial charge in [-0.25, -0.2) is 0 Å². The van der Waals surface area contributed by atoms with E-state index >= 15 is 0 Å². The lowest BCUT2D eigenvalue weighted by molar-refractivity contribution is -0.125. The summed E-state index contributed by atoms with van der Waals surface area (Å²) in [5, 5.41) is 0. The first-order valence-corrected chi connectivity index (χ1v) is 7.18. The van der Waals surface area contributed by atoms with Crippen molar-refractivity contribution in [3.05, 3.63) is 59.9 Å². The number of ether oxygens (including phenoxy) is 2. The highest BCUT2D eigenvalue weighted by molar-refractivity contribution is 5.91. The van der Waals surface area contributed by atoms with Gasteiger partial charge in [0, 0.05) is 32.1 Å². The molecule has 5 nitrogen and oxygen atoms in total.